The van der Waals surface area contributed by atoms with Crippen molar-refractivity contribution in [3.63, 3.8) is 0 Å². The fourth-order valence-corrected chi connectivity index (χ4v) is 3.34. The van der Waals surface area contributed by atoms with Gasteiger partial charge in [-0.3, -0.25) is 9.78 Å². The SMILES string of the molecule is COCCOCC(=O)N1CC=C(c2cnc(C)c(-c3nnc(-c4ccccc4)o3)n2)CC1.[HH]. The zero-order valence-electron chi connectivity index (χ0n) is 18.2. The zero-order chi connectivity index (χ0) is 22.3. The molecule has 3 aromatic rings. The molecule has 0 spiro atoms. The van der Waals surface area contributed by atoms with Gasteiger partial charge >= 0.3 is 0 Å². The standard InChI is InChI=1S/C23H25N5O4.H2/c1-16-21(23-27-26-22(32-23)18-6-4-3-5-7-18)25-19(14-24-16)17-8-10-28(11-9-17)20(29)15-31-13-12-30-2;/h3-8,14H,9-13,15H2,1-2H3;1H. The van der Waals surface area contributed by atoms with E-state index in [9.17, 15) is 4.79 Å². The molecule has 0 radical (unpaired) electrons. The Labute approximate surface area is 187 Å². The van der Waals surface area contributed by atoms with Gasteiger partial charge in [0.05, 0.1) is 30.8 Å². The summed E-state index contributed by atoms with van der Waals surface area (Å²) in [7, 11) is 1.60. The van der Waals surface area contributed by atoms with Crippen LogP contribution < -0.4 is 0 Å². The summed E-state index contributed by atoms with van der Waals surface area (Å²) in [6, 6.07) is 9.59. The number of rotatable bonds is 8. The fraction of sp³-hybridized carbons (Fsp3) is 0.348. The number of aryl methyl sites for hydroxylation is 1. The quantitative estimate of drug-likeness (QED) is 0.496. The molecule has 2 aromatic heterocycles. The molecule has 0 unspecified atom stereocenters. The summed E-state index contributed by atoms with van der Waals surface area (Å²) in [5.74, 6) is 0.731. The lowest BCUT2D eigenvalue weighted by molar-refractivity contribution is -0.136. The maximum Gasteiger partial charge on any atom is 0.268 e. The Morgan fingerprint density at radius 2 is 2.00 bits per heavy atom. The molecule has 1 amide bonds. The first-order valence-electron chi connectivity index (χ1n) is 10.4. The average molecular weight is 438 g/mol. The molecule has 0 fully saturated rings. The van der Waals surface area contributed by atoms with Crippen molar-refractivity contribution in [3.8, 4) is 23.0 Å². The number of hydrogen-bond donors (Lipinski definition) is 0. The normalized spacial score (nSPS) is 13.8. The molecule has 1 aliphatic heterocycles. The van der Waals surface area contributed by atoms with E-state index in [-0.39, 0.29) is 13.9 Å². The van der Waals surface area contributed by atoms with Gasteiger partial charge in [0.25, 0.3) is 5.89 Å². The Bertz CT molecular complexity index is 1100. The highest BCUT2D eigenvalue weighted by Crippen LogP contribution is 2.27. The van der Waals surface area contributed by atoms with Crippen LogP contribution in [0.2, 0.25) is 0 Å². The largest absolute Gasteiger partial charge is 0.415 e. The smallest absolute Gasteiger partial charge is 0.268 e. The van der Waals surface area contributed by atoms with Crippen molar-refractivity contribution in [3.05, 3.63) is 54.0 Å². The van der Waals surface area contributed by atoms with Crippen LogP contribution in [0.3, 0.4) is 0 Å². The predicted molar refractivity (Wildman–Crippen MR) is 119 cm³/mol. The highest BCUT2D eigenvalue weighted by molar-refractivity contribution is 5.79. The van der Waals surface area contributed by atoms with Crippen molar-refractivity contribution in [1.82, 2.24) is 25.1 Å². The molecule has 1 aliphatic rings. The second-order valence-electron chi connectivity index (χ2n) is 7.33. The molecule has 32 heavy (non-hydrogen) atoms. The van der Waals surface area contributed by atoms with E-state index in [1.165, 1.54) is 0 Å². The number of methoxy groups -OCH3 is 1. The van der Waals surface area contributed by atoms with Gasteiger partial charge in [-0.25, -0.2) is 4.98 Å². The van der Waals surface area contributed by atoms with E-state index in [1.54, 1.807) is 18.2 Å². The Hall–Kier alpha value is -3.43. The van der Waals surface area contributed by atoms with E-state index in [0.29, 0.717) is 55.9 Å². The molecule has 3 heterocycles. The van der Waals surface area contributed by atoms with E-state index in [0.717, 1.165) is 16.8 Å². The van der Waals surface area contributed by atoms with Gasteiger partial charge in [-0.15, -0.1) is 10.2 Å². The van der Waals surface area contributed by atoms with Gasteiger partial charge < -0.3 is 18.8 Å². The van der Waals surface area contributed by atoms with Gasteiger partial charge in [-0.1, -0.05) is 24.3 Å². The van der Waals surface area contributed by atoms with Gasteiger partial charge in [-0.2, -0.15) is 0 Å². The van der Waals surface area contributed by atoms with Crippen LogP contribution in [-0.2, 0) is 14.3 Å². The second kappa shape index (κ2) is 10.3. The molecule has 0 aliphatic carbocycles. The van der Waals surface area contributed by atoms with Crippen molar-refractivity contribution < 1.29 is 20.1 Å². The molecule has 1 aromatic carbocycles. The zero-order valence-corrected chi connectivity index (χ0v) is 18.2. The number of nitrogens with zero attached hydrogens (tertiary/aromatic N) is 5. The number of carbonyl (C=O) groups excluding carboxylic acids is 1. The molecule has 0 saturated carbocycles. The van der Waals surface area contributed by atoms with Crippen molar-refractivity contribution in [2.24, 2.45) is 0 Å². The summed E-state index contributed by atoms with van der Waals surface area (Å²) >= 11 is 0. The average Bonchev–Trinajstić information content (AvgIpc) is 3.33. The van der Waals surface area contributed by atoms with Crippen LogP contribution in [-0.4, -0.2) is 71.0 Å². The first-order chi connectivity index (χ1) is 15.7. The number of carbonyl (C=O) groups is 1. The molecule has 9 nitrogen and oxygen atoms in total. The molecule has 0 atom stereocenters. The van der Waals surface area contributed by atoms with Gasteiger partial charge in [0.1, 0.15) is 12.3 Å². The van der Waals surface area contributed by atoms with Crippen LogP contribution in [0.4, 0.5) is 0 Å². The summed E-state index contributed by atoms with van der Waals surface area (Å²) < 4.78 is 16.1. The maximum atomic E-state index is 12.3. The number of aromatic nitrogens is 4. The van der Waals surface area contributed by atoms with Crippen LogP contribution in [0, 0.1) is 6.92 Å². The topological polar surface area (TPSA) is 103 Å². The van der Waals surface area contributed by atoms with Crippen molar-refractivity contribution in [2.45, 2.75) is 13.3 Å². The van der Waals surface area contributed by atoms with E-state index in [1.807, 2.05) is 43.3 Å². The fourth-order valence-electron chi connectivity index (χ4n) is 3.34. The number of ether oxygens (including phenoxy) is 2. The van der Waals surface area contributed by atoms with Crippen LogP contribution >= 0.6 is 0 Å². The molecular formula is C23H27N5O4. The van der Waals surface area contributed by atoms with Crippen LogP contribution in [0.15, 0.2) is 47.0 Å². The number of amides is 1. The lowest BCUT2D eigenvalue weighted by Crippen LogP contribution is -2.37. The lowest BCUT2D eigenvalue weighted by atomic mass is 10.0. The predicted octanol–water partition coefficient (Wildman–Crippen LogP) is 3.03. The lowest BCUT2D eigenvalue weighted by Gasteiger charge is -2.26. The highest BCUT2D eigenvalue weighted by atomic mass is 16.5. The third-order valence-electron chi connectivity index (χ3n) is 5.15. The van der Waals surface area contributed by atoms with Gasteiger partial charge in [0.2, 0.25) is 11.8 Å². The minimum absolute atomic E-state index is 0. The monoisotopic (exact) mass is 437 g/mol. The first kappa shape index (κ1) is 21.8. The van der Waals surface area contributed by atoms with Crippen molar-refractivity contribution >= 4 is 11.5 Å². The van der Waals surface area contributed by atoms with Crippen molar-refractivity contribution in [2.75, 3.05) is 40.0 Å². The molecule has 4 rings (SSSR count). The van der Waals surface area contributed by atoms with E-state index >= 15 is 0 Å². The minimum Gasteiger partial charge on any atom is -0.415 e. The van der Waals surface area contributed by atoms with E-state index in [2.05, 4.69) is 15.2 Å². The Kier molecular flexibility index (Phi) is 6.98. The molecule has 0 bridgehead atoms. The van der Waals surface area contributed by atoms with Crippen LogP contribution in [0.1, 0.15) is 19.2 Å². The Morgan fingerprint density at radius 1 is 1.19 bits per heavy atom. The third kappa shape index (κ3) is 5.06. The highest BCUT2D eigenvalue weighted by Gasteiger charge is 2.21. The summed E-state index contributed by atoms with van der Waals surface area (Å²) in [5, 5.41) is 8.32. The van der Waals surface area contributed by atoms with Crippen LogP contribution in [0.5, 0.6) is 0 Å². The summed E-state index contributed by atoms with van der Waals surface area (Å²) in [6.45, 7) is 3.90. The molecule has 168 valence electrons. The molecule has 0 N–H and O–H groups in total. The van der Waals surface area contributed by atoms with Crippen LogP contribution in [0.25, 0.3) is 28.6 Å². The minimum atomic E-state index is -0.0358. The second-order valence-corrected chi connectivity index (χ2v) is 7.33. The summed E-state index contributed by atoms with van der Waals surface area (Å²) in [6.07, 6.45) is 4.42. The maximum absolute atomic E-state index is 12.3. The molecule has 9 heteroatoms. The molecular weight excluding hydrogens is 410 g/mol. The third-order valence-corrected chi connectivity index (χ3v) is 5.15. The van der Waals surface area contributed by atoms with Gasteiger partial charge in [-0.05, 0) is 31.1 Å². The Morgan fingerprint density at radius 3 is 2.75 bits per heavy atom. The Balaban J connectivity index is 0.00000306. The van der Waals surface area contributed by atoms with E-state index < -0.39 is 0 Å². The first-order valence-corrected chi connectivity index (χ1v) is 10.4. The van der Waals surface area contributed by atoms with E-state index in [4.69, 9.17) is 18.9 Å². The summed E-state index contributed by atoms with van der Waals surface area (Å²) in [4.78, 5) is 23.3. The summed E-state index contributed by atoms with van der Waals surface area (Å²) in [5.41, 5.74) is 3.89. The number of hydrogen-bond acceptors (Lipinski definition) is 8. The molecule has 0 saturated heterocycles. The number of benzene rings is 1. The van der Waals surface area contributed by atoms with Gasteiger partial charge in [0, 0.05) is 27.2 Å². The van der Waals surface area contributed by atoms with Crippen molar-refractivity contribution in [1.29, 1.82) is 0 Å². The van der Waals surface area contributed by atoms with Gasteiger partial charge in [0.15, 0.2) is 0 Å².